The first-order valence-corrected chi connectivity index (χ1v) is 6.24. The van der Waals surface area contributed by atoms with Crippen LogP contribution < -0.4 is 0 Å². The van der Waals surface area contributed by atoms with Gasteiger partial charge in [0.15, 0.2) is 0 Å². The molecule has 1 fully saturated rings. The molecule has 4 heteroatoms. The highest BCUT2D eigenvalue weighted by atomic mass is 16.5. The Morgan fingerprint density at radius 1 is 1.47 bits per heavy atom. The van der Waals surface area contributed by atoms with Crippen molar-refractivity contribution in [2.45, 2.75) is 38.5 Å². The van der Waals surface area contributed by atoms with Gasteiger partial charge in [-0.1, -0.05) is 13.8 Å². The van der Waals surface area contributed by atoms with Crippen LogP contribution in [0.2, 0.25) is 0 Å². The molecular weight excluding hydrogens is 214 g/mol. The van der Waals surface area contributed by atoms with Gasteiger partial charge in [0.05, 0.1) is 6.07 Å². The Bertz CT molecular complexity index is 399. The minimum absolute atomic E-state index is 0.136. The highest BCUT2D eigenvalue weighted by molar-refractivity contribution is 5.16. The van der Waals surface area contributed by atoms with Gasteiger partial charge in [-0.15, -0.1) is 0 Å². The quantitative estimate of drug-likeness (QED) is 0.872. The number of rotatable bonds is 3. The topological polar surface area (TPSA) is 61.7 Å². The molecule has 1 unspecified atom stereocenters. The minimum atomic E-state index is -0.136. The molecule has 1 N–H and O–H groups in total. The van der Waals surface area contributed by atoms with E-state index in [1.165, 1.54) is 0 Å². The molecule has 0 aromatic carbocycles. The number of nitriles is 1. The highest BCUT2D eigenvalue weighted by Crippen LogP contribution is 2.28. The Morgan fingerprint density at radius 2 is 2.18 bits per heavy atom. The second-order valence-corrected chi connectivity index (χ2v) is 4.96. The molecule has 4 nitrogen and oxygen atoms in total. The van der Waals surface area contributed by atoms with Crippen LogP contribution in [0.25, 0.3) is 0 Å². The fourth-order valence-electron chi connectivity index (χ4n) is 2.25. The Labute approximate surface area is 102 Å². The maximum absolute atomic E-state index is 9.14. The first kappa shape index (κ1) is 12.1. The Kier molecular flexibility index (Phi) is 3.80. The largest absolute Gasteiger partial charge is 0.381 e. The van der Waals surface area contributed by atoms with Gasteiger partial charge in [-0.25, -0.2) is 4.98 Å². The molecule has 1 aliphatic rings. The van der Waals surface area contributed by atoms with Gasteiger partial charge in [-0.3, -0.25) is 0 Å². The Balaban J connectivity index is 2.12. The van der Waals surface area contributed by atoms with Crippen molar-refractivity contribution in [3.05, 3.63) is 17.7 Å². The van der Waals surface area contributed by atoms with Gasteiger partial charge in [0.1, 0.15) is 11.7 Å². The van der Waals surface area contributed by atoms with Crippen LogP contribution in [-0.4, -0.2) is 23.2 Å². The molecule has 0 amide bonds. The van der Waals surface area contributed by atoms with E-state index in [9.17, 15) is 0 Å². The fourth-order valence-corrected chi connectivity index (χ4v) is 2.25. The zero-order chi connectivity index (χ0) is 12.3. The first-order chi connectivity index (χ1) is 8.22. The summed E-state index contributed by atoms with van der Waals surface area (Å²) in [6.07, 6.45) is 3.97. The van der Waals surface area contributed by atoms with E-state index in [4.69, 9.17) is 10.00 Å². The van der Waals surface area contributed by atoms with Crippen LogP contribution >= 0.6 is 0 Å². The predicted molar refractivity (Wildman–Crippen MR) is 64.6 cm³/mol. The molecular formula is C13H19N3O. The average molecular weight is 233 g/mol. The lowest BCUT2D eigenvalue weighted by molar-refractivity contribution is 0.0845. The highest BCUT2D eigenvalue weighted by Gasteiger charge is 2.22. The van der Waals surface area contributed by atoms with Crippen molar-refractivity contribution in [1.82, 2.24) is 9.97 Å². The van der Waals surface area contributed by atoms with Crippen molar-refractivity contribution in [1.29, 1.82) is 5.26 Å². The third-order valence-electron chi connectivity index (χ3n) is 3.38. The van der Waals surface area contributed by atoms with Gasteiger partial charge >= 0.3 is 0 Å². The molecule has 1 aliphatic heterocycles. The lowest BCUT2D eigenvalue weighted by Crippen LogP contribution is -2.14. The van der Waals surface area contributed by atoms with Crippen LogP contribution in [0.4, 0.5) is 0 Å². The molecule has 2 rings (SSSR count). The second-order valence-electron chi connectivity index (χ2n) is 4.96. The number of imidazole rings is 1. The summed E-state index contributed by atoms with van der Waals surface area (Å²) in [5, 5.41) is 9.14. The number of aromatic amines is 1. The number of ether oxygens (including phenoxy) is 1. The van der Waals surface area contributed by atoms with Gasteiger partial charge in [-0.05, 0) is 18.8 Å². The van der Waals surface area contributed by atoms with Crippen molar-refractivity contribution < 1.29 is 4.74 Å². The van der Waals surface area contributed by atoms with Gasteiger partial charge < -0.3 is 9.72 Å². The molecule has 1 aromatic rings. The van der Waals surface area contributed by atoms with Crippen molar-refractivity contribution in [2.75, 3.05) is 13.2 Å². The molecule has 0 aliphatic carbocycles. The molecule has 0 radical (unpaired) electrons. The van der Waals surface area contributed by atoms with E-state index in [0.717, 1.165) is 37.6 Å². The number of aromatic nitrogens is 2. The summed E-state index contributed by atoms with van der Waals surface area (Å²) in [7, 11) is 0. The predicted octanol–water partition coefficient (Wildman–Crippen LogP) is 2.57. The van der Waals surface area contributed by atoms with E-state index in [1.54, 1.807) is 0 Å². The summed E-state index contributed by atoms with van der Waals surface area (Å²) in [4.78, 5) is 7.69. The van der Waals surface area contributed by atoms with Crippen LogP contribution in [0.15, 0.2) is 6.20 Å². The molecule has 2 heterocycles. The summed E-state index contributed by atoms with van der Waals surface area (Å²) in [5.74, 6) is 1.47. The molecule has 0 saturated carbocycles. The number of hydrogen-bond donors (Lipinski definition) is 1. The fraction of sp³-hybridized carbons (Fsp3) is 0.692. The van der Waals surface area contributed by atoms with Crippen LogP contribution in [0, 0.1) is 17.2 Å². The molecule has 17 heavy (non-hydrogen) atoms. The third-order valence-corrected chi connectivity index (χ3v) is 3.38. The van der Waals surface area contributed by atoms with E-state index in [-0.39, 0.29) is 11.8 Å². The van der Waals surface area contributed by atoms with Crippen LogP contribution in [0.3, 0.4) is 0 Å². The minimum Gasteiger partial charge on any atom is -0.381 e. The Hall–Kier alpha value is -1.34. The lowest BCUT2D eigenvalue weighted by Gasteiger charge is -2.20. The number of hydrogen-bond acceptors (Lipinski definition) is 3. The lowest BCUT2D eigenvalue weighted by atomic mass is 9.96. The van der Waals surface area contributed by atoms with Crippen LogP contribution in [0.5, 0.6) is 0 Å². The summed E-state index contributed by atoms with van der Waals surface area (Å²) in [6, 6.07) is 2.32. The maximum atomic E-state index is 9.14. The molecule has 0 bridgehead atoms. The van der Waals surface area contributed by atoms with E-state index >= 15 is 0 Å². The third kappa shape index (κ3) is 2.67. The summed E-state index contributed by atoms with van der Waals surface area (Å²) in [5.41, 5.74) is 1.16. The van der Waals surface area contributed by atoms with E-state index in [0.29, 0.717) is 5.92 Å². The second kappa shape index (κ2) is 5.33. The van der Waals surface area contributed by atoms with Gasteiger partial charge in [0, 0.05) is 31.0 Å². The number of nitrogens with one attached hydrogen (secondary N) is 1. The maximum Gasteiger partial charge on any atom is 0.123 e. The van der Waals surface area contributed by atoms with Gasteiger partial charge in [0.2, 0.25) is 0 Å². The first-order valence-electron chi connectivity index (χ1n) is 6.24. The average Bonchev–Trinajstić information content (AvgIpc) is 2.80. The Morgan fingerprint density at radius 3 is 2.76 bits per heavy atom. The molecule has 0 spiro atoms. The van der Waals surface area contributed by atoms with Crippen molar-refractivity contribution >= 4 is 0 Å². The zero-order valence-electron chi connectivity index (χ0n) is 10.4. The van der Waals surface area contributed by atoms with Crippen LogP contribution in [-0.2, 0) is 4.74 Å². The SMILES string of the molecule is CC(C)C(C#N)c1ncc(C2CCOCC2)[nH]1. The molecule has 1 atom stereocenters. The summed E-state index contributed by atoms with van der Waals surface area (Å²) in [6.45, 7) is 5.74. The smallest absolute Gasteiger partial charge is 0.123 e. The van der Waals surface area contributed by atoms with Crippen LogP contribution in [0.1, 0.15) is 50.0 Å². The van der Waals surface area contributed by atoms with Crippen molar-refractivity contribution in [2.24, 2.45) is 5.92 Å². The van der Waals surface area contributed by atoms with Crippen molar-refractivity contribution in [3.63, 3.8) is 0 Å². The summed E-state index contributed by atoms with van der Waals surface area (Å²) >= 11 is 0. The molecule has 1 saturated heterocycles. The van der Waals surface area contributed by atoms with E-state index in [1.807, 2.05) is 20.0 Å². The number of H-pyrrole nitrogens is 1. The standard InChI is InChI=1S/C13H19N3O/c1-9(2)11(7-14)13-15-8-12(16-13)10-3-5-17-6-4-10/h8-11H,3-6H2,1-2H3,(H,15,16). The zero-order valence-corrected chi connectivity index (χ0v) is 10.4. The van der Waals surface area contributed by atoms with Crippen molar-refractivity contribution in [3.8, 4) is 6.07 Å². The summed E-state index contributed by atoms with van der Waals surface area (Å²) < 4.78 is 5.35. The van der Waals surface area contributed by atoms with Gasteiger partial charge in [-0.2, -0.15) is 5.26 Å². The molecule has 1 aromatic heterocycles. The van der Waals surface area contributed by atoms with Gasteiger partial charge in [0.25, 0.3) is 0 Å². The normalized spacial score (nSPS) is 19.2. The monoisotopic (exact) mass is 233 g/mol. The molecule has 92 valence electrons. The number of nitrogens with zero attached hydrogens (tertiary/aromatic N) is 2. The van der Waals surface area contributed by atoms with E-state index in [2.05, 4.69) is 16.0 Å². The van der Waals surface area contributed by atoms with E-state index < -0.39 is 0 Å².